The van der Waals surface area contributed by atoms with Crippen molar-refractivity contribution in [2.75, 3.05) is 26.2 Å². The van der Waals surface area contributed by atoms with Crippen LogP contribution in [0.25, 0.3) is 6.08 Å². The fourth-order valence-corrected chi connectivity index (χ4v) is 4.75. The second-order valence-electron chi connectivity index (χ2n) is 8.81. The van der Waals surface area contributed by atoms with E-state index in [1.165, 1.54) is 0 Å². The highest BCUT2D eigenvalue weighted by Crippen LogP contribution is 2.34. The van der Waals surface area contributed by atoms with Crippen LogP contribution in [0.4, 0.5) is 0 Å². The van der Waals surface area contributed by atoms with Gasteiger partial charge in [-0.2, -0.15) is 0 Å². The Bertz CT molecular complexity index is 994. The lowest BCUT2D eigenvalue weighted by molar-refractivity contribution is -0.134. The Balaban J connectivity index is 0.00000324. The van der Waals surface area contributed by atoms with Crippen LogP contribution in [0, 0.1) is 5.92 Å². The number of likely N-dealkylation sites (tertiary alicyclic amines) is 1. The average molecular weight is 528 g/mol. The molecule has 0 spiro atoms. The van der Waals surface area contributed by atoms with Crippen LogP contribution in [0.1, 0.15) is 44.2 Å². The van der Waals surface area contributed by atoms with Gasteiger partial charge in [-0.05, 0) is 68.1 Å². The Hall–Kier alpha value is -2.48. The number of amides is 2. The zero-order valence-corrected chi connectivity index (χ0v) is 20.2. The third-order valence-corrected chi connectivity index (χ3v) is 7.10. The molecule has 2 aromatic rings. The van der Waals surface area contributed by atoms with E-state index < -0.39 is 5.60 Å². The lowest BCUT2D eigenvalue weighted by Crippen LogP contribution is -2.48. The topological polar surface area (TPSA) is 81.7 Å². The second kappa shape index (κ2) is 11.8. The van der Waals surface area contributed by atoms with Gasteiger partial charge >= 0.3 is 0 Å². The van der Waals surface area contributed by atoms with E-state index in [2.05, 4.69) is 26.6 Å². The van der Waals surface area contributed by atoms with E-state index in [9.17, 15) is 14.7 Å². The number of piperidine rings is 2. The number of aliphatic hydroxyl groups is 1. The monoisotopic (exact) mass is 527 g/mol. The van der Waals surface area contributed by atoms with Gasteiger partial charge in [-0.1, -0.05) is 65.8 Å². The van der Waals surface area contributed by atoms with E-state index in [4.69, 9.17) is 0 Å². The SMILES string of the molecule is C.O=C(N/C(=C\c1ccccc1)C(=O)N1CCC(O)(c2ccc(Br)cc2)CC1)C1CCNCC1. The Kier molecular flexibility index (Phi) is 9.05. The molecule has 7 heteroatoms. The first-order valence-electron chi connectivity index (χ1n) is 11.5. The maximum absolute atomic E-state index is 13.5. The molecule has 2 fully saturated rings. The van der Waals surface area contributed by atoms with Crippen LogP contribution in [0.15, 0.2) is 64.8 Å². The van der Waals surface area contributed by atoms with Gasteiger partial charge in [-0.3, -0.25) is 9.59 Å². The van der Waals surface area contributed by atoms with Crippen molar-refractivity contribution < 1.29 is 14.7 Å². The molecule has 0 unspecified atom stereocenters. The highest BCUT2D eigenvalue weighted by molar-refractivity contribution is 9.10. The van der Waals surface area contributed by atoms with Gasteiger partial charge in [0.05, 0.1) is 5.60 Å². The van der Waals surface area contributed by atoms with Crippen LogP contribution in [-0.4, -0.2) is 48.0 Å². The largest absolute Gasteiger partial charge is 0.385 e. The molecule has 2 amide bonds. The van der Waals surface area contributed by atoms with E-state index in [0.717, 1.165) is 41.5 Å². The van der Waals surface area contributed by atoms with Gasteiger partial charge in [0.15, 0.2) is 0 Å². The first-order valence-corrected chi connectivity index (χ1v) is 12.3. The molecule has 34 heavy (non-hydrogen) atoms. The minimum atomic E-state index is -0.959. The number of nitrogens with one attached hydrogen (secondary N) is 2. The summed E-state index contributed by atoms with van der Waals surface area (Å²) in [7, 11) is 0. The Labute approximate surface area is 210 Å². The Morgan fingerprint density at radius 1 is 1.03 bits per heavy atom. The molecule has 0 atom stereocenters. The summed E-state index contributed by atoms with van der Waals surface area (Å²) >= 11 is 3.43. The van der Waals surface area contributed by atoms with E-state index >= 15 is 0 Å². The van der Waals surface area contributed by atoms with Gasteiger partial charge in [-0.25, -0.2) is 0 Å². The molecule has 2 heterocycles. The van der Waals surface area contributed by atoms with Crippen molar-refractivity contribution in [1.29, 1.82) is 0 Å². The van der Waals surface area contributed by atoms with E-state index in [1.54, 1.807) is 11.0 Å². The van der Waals surface area contributed by atoms with Crippen molar-refractivity contribution >= 4 is 33.8 Å². The molecule has 3 N–H and O–H groups in total. The summed E-state index contributed by atoms with van der Waals surface area (Å²) in [5, 5.41) is 17.4. The summed E-state index contributed by atoms with van der Waals surface area (Å²) < 4.78 is 0.961. The average Bonchev–Trinajstić information content (AvgIpc) is 2.85. The number of nitrogens with zero attached hydrogens (tertiary/aromatic N) is 1. The molecule has 6 nitrogen and oxygen atoms in total. The normalized spacial score (nSPS) is 18.6. The Morgan fingerprint density at radius 2 is 1.65 bits per heavy atom. The number of hydrogen-bond donors (Lipinski definition) is 3. The van der Waals surface area contributed by atoms with Gasteiger partial charge in [0.1, 0.15) is 5.70 Å². The highest BCUT2D eigenvalue weighted by atomic mass is 79.9. The summed E-state index contributed by atoms with van der Waals surface area (Å²) in [6.45, 7) is 2.45. The van der Waals surface area contributed by atoms with Crippen molar-refractivity contribution in [3.05, 3.63) is 75.9 Å². The molecule has 0 radical (unpaired) electrons. The molecule has 2 aliphatic rings. The van der Waals surface area contributed by atoms with E-state index in [0.29, 0.717) is 31.6 Å². The number of carbonyl (C=O) groups excluding carboxylic acids is 2. The zero-order chi connectivity index (χ0) is 23.3. The predicted molar refractivity (Wildman–Crippen MR) is 139 cm³/mol. The standard InChI is InChI=1S/C26H30BrN3O3.CH4/c27-22-8-6-21(7-9-22)26(33)12-16-30(17-13-26)25(32)23(18-19-4-2-1-3-5-19)29-24(31)20-10-14-28-15-11-20;/h1-9,18,20,28,33H,10-17H2,(H,29,31);1H4/b23-18-;. The molecule has 0 saturated carbocycles. The van der Waals surface area contributed by atoms with Crippen LogP contribution >= 0.6 is 15.9 Å². The molecule has 4 rings (SSSR count). The summed E-state index contributed by atoms with van der Waals surface area (Å²) in [6, 6.07) is 17.2. The third kappa shape index (κ3) is 6.34. The molecule has 0 bridgehead atoms. The quantitative estimate of drug-likeness (QED) is 0.512. The molecule has 0 aliphatic carbocycles. The van der Waals surface area contributed by atoms with E-state index in [1.807, 2.05) is 54.6 Å². The van der Waals surface area contributed by atoms with Crippen LogP contribution < -0.4 is 10.6 Å². The molecule has 0 aromatic heterocycles. The van der Waals surface area contributed by atoms with Crippen LogP contribution in [0.5, 0.6) is 0 Å². The number of halogens is 1. The van der Waals surface area contributed by atoms with Crippen LogP contribution in [0.3, 0.4) is 0 Å². The smallest absolute Gasteiger partial charge is 0.270 e. The number of benzene rings is 2. The molecule has 2 aromatic carbocycles. The molecule has 182 valence electrons. The minimum absolute atomic E-state index is 0. The van der Waals surface area contributed by atoms with Gasteiger partial charge < -0.3 is 20.6 Å². The van der Waals surface area contributed by atoms with E-state index in [-0.39, 0.29) is 25.2 Å². The van der Waals surface area contributed by atoms with Gasteiger partial charge in [-0.15, -0.1) is 0 Å². The fourth-order valence-electron chi connectivity index (χ4n) is 4.48. The second-order valence-corrected chi connectivity index (χ2v) is 9.73. The number of hydrogen-bond acceptors (Lipinski definition) is 4. The summed E-state index contributed by atoms with van der Waals surface area (Å²) in [4.78, 5) is 28.1. The van der Waals surface area contributed by atoms with Crippen molar-refractivity contribution in [3.8, 4) is 0 Å². The summed E-state index contributed by atoms with van der Waals surface area (Å²) in [5.74, 6) is -0.406. The van der Waals surface area contributed by atoms with Crippen LogP contribution in [-0.2, 0) is 15.2 Å². The predicted octanol–water partition coefficient (Wildman–Crippen LogP) is 4.05. The first-order chi connectivity index (χ1) is 15.9. The third-order valence-electron chi connectivity index (χ3n) is 6.57. The van der Waals surface area contributed by atoms with Crippen molar-refractivity contribution in [2.24, 2.45) is 5.92 Å². The Morgan fingerprint density at radius 3 is 2.26 bits per heavy atom. The van der Waals surface area contributed by atoms with Crippen molar-refractivity contribution in [1.82, 2.24) is 15.5 Å². The first kappa shape index (κ1) is 26.1. The fraction of sp³-hybridized carbons (Fsp3) is 0.407. The van der Waals surface area contributed by atoms with Gasteiger partial charge in [0.2, 0.25) is 5.91 Å². The maximum atomic E-state index is 13.5. The van der Waals surface area contributed by atoms with Gasteiger partial charge in [0, 0.05) is 23.5 Å². The maximum Gasteiger partial charge on any atom is 0.270 e. The van der Waals surface area contributed by atoms with Gasteiger partial charge in [0.25, 0.3) is 5.91 Å². The molecular weight excluding hydrogens is 494 g/mol. The van der Waals surface area contributed by atoms with Crippen molar-refractivity contribution in [3.63, 3.8) is 0 Å². The zero-order valence-electron chi connectivity index (χ0n) is 18.6. The van der Waals surface area contributed by atoms with Crippen LogP contribution in [0.2, 0.25) is 0 Å². The lowest BCUT2D eigenvalue weighted by atomic mass is 9.84. The summed E-state index contributed by atoms with van der Waals surface area (Å²) in [6.07, 6.45) is 4.17. The molecule has 2 aliphatic heterocycles. The summed E-state index contributed by atoms with van der Waals surface area (Å²) in [5.41, 5.74) is 1.05. The minimum Gasteiger partial charge on any atom is -0.385 e. The molecular formula is C27H34BrN3O3. The van der Waals surface area contributed by atoms with Crippen molar-refractivity contribution in [2.45, 2.75) is 38.7 Å². The number of carbonyl (C=O) groups is 2. The highest BCUT2D eigenvalue weighted by Gasteiger charge is 2.36. The number of rotatable bonds is 5. The lowest BCUT2D eigenvalue weighted by Gasteiger charge is -2.39. The molecule has 2 saturated heterocycles.